The van der Waals surface area contributed by atoms with Crippen LogP contribution in [0.3, 0.4) is 0 Å². The summed E-state index contributed by atoms with van der Waals surface area (Å²) in [5, 5.41) is 0. The molecule has 0 radical (unpaired) electrons. The van der Waals surface area contributed by atoms with Crippen LogP contribution in [0.5, 0.6) is 0 Å². The molecule has 0 aromatic heterocycles. The highest BCUT2D eigenvalue weighted by Gasteiger charge is 1.76. The predicted octanol–water partition coefficient (Wildman–Crippen LogP) is 0.552. The molecule has 0 spiro atoms. The molecule has 0 aromatic carbocycles. The number of methoxy groups -OCH3 is 1. The first-order valence-corrected chi connectivity index (χ1v) is 1.74. The Labute approximate surface area is 37.6 Å². The maximum Gasteiger partial charge on any atom is 0.237 e. The third-order valence-electron chi connectivity index (χ3n) is 0.407. The molecule has 0 unspecified atom stereocenters. The van der Waals surface area contributed by atoms with E-state index >= 15 is 0 Å². The fourth-order valence-corrected chi connectivity index (χ4v) is 0.137. The van der Waals surface area contributed by atoms with Crippen LogP contribution in [0.1, 0.15) is 0 Å². The average molecular weight is 85.1 g/mol. The second kappa shape index (κ2) is 4.45. The molecule has 2 heteroatoms. The fraction of sp³-hybridized carbons (Fsp3) is 0.750. The molecule has 0 amide bonds. The van der Waals surface area contributed by atoms with Gasteiger partial charge in [0.1, 0.15) is 6.61 Å². The molecule has 34 valence electrons. The van der Waals surface area contributed by atoms with Crippen molar-refractivity contribution in [3.8, 4) is 0 Å². The van der Waals surface area contributed by atoms with E-state index in [0.29, 0.717) is 13.2 Å². The number of rotatable bonds is 2. The van der Waals surface area contributed by atoms with Gasteiger partial charge in [0.25, 0.3) is 0 Å². The molecule has 0 saturated heterocycles. The van der Waals surface area contributed by atoms with Gasteiger partial charge in [-0.1, -0.05) is 0 Å². The van der Waals surface area contributed by atoms with Gasteiger partial charge in [-0.3, -0.25) is 0 Å². The summed E-state index contributed by atoms with van der Waals surface area (Å²) < 4.78 is 4.57. The van der Waals surface area contributed by atoms with Crippen LogP contribution in [0.25, 0.3) is 4.85 Å². The van der Waals surface area contributed by atoms with Gasteiger partial charge in [-0.2, -0.15) is 0 Å². The fourth-order valence-electron chi connectivity index (χ4n) is 0.137. The Morgan fingerprint density at radius 2 is 2.50 bits per heavy atom. The molecule has 0 rings (SSSR count). The van der Waals surface area contributed by atoms with Gasteiger partial charge in [-0.15, -0.1) is 0 Å². The molecule has 2 nitrogen and oxygen atoms in total. The Hall–Kier alpha value is -0.550. The predicted molar refractivity (Wildman–Crippen MR) is 23.3 cm³/mol. The molecule has 6 heavy (non-hydrogen) atoms. The van der Waals surface area contributed by atoms with Crippen LogP contribution < -0.4 is 0 Å². The van der Waals surface area contributed by atoms with Gasteiger partial charge in [0, 0.05) is 7.11 Å². The van der Waals surface area contributed by atoms with E-state index < -0.39 is 0 Å². The lowest BCUT2D eigenvalue weighted by atomic mass is 10.7. The van der Waals surface area contributed by atoms with Gasteiger partial charge in [-0.25, -0.2) is 6.57 Å². The molecule has 0 fully saturated rings. The Kier molecular flexibility index (Phi) is 4.04. The Balaban J connectivity index is 2.54. The molecule has 0 N–H and O–H groups in total. The van der Waals surface area contributed by atoms with Crippen molar-refractivity contribution < 1.29 is 4.74 Å². The average Bonchev–Trinajstić information content (AvgIpc) is 1.61. The molecule has 0 saturated carbocycles. The van der Waals surface area contributed by atoms with Crippen molar-refractivity contribution in [1.82, 2.24) is 0 Å². The Morgan fingerprint density at radius 1 is 1.83 bits per heavy atom. The van der Waals surface area contributed by atoms with Crippen LogP contribution in [0.2, 0.25) is 0 Å². The topological polar surface area (TPSA) is 13.6 Å². The van der Waals surface area contributed by atoms with E-state index in [9.17, 15) is 0 Å². The molecule has 0 heterocycles. The zero-order valence-corrected chi connectivity index (χ0v) is 3.77. The van der Waals surface area contributed by atoms with Crippen molar-refractivity contribution in [3.05, 3.63) is 11.4 Å². The van der Waals surface area contributed by atoms with Crippen molar-refractivity contribution in [3.63, 3.8) is 0 Å². The van der Waals surface area contributed by atoms with Crippen molar-refractivity contribution in [2.24, 2.45) is 0 Å². The minimum absolute atomic E-state index is 0.483. The van der Waals surface area contributed by atoms with Gasteiger partial charge in [-0.05, 0) is 0 Å². The minimum atomic E-state index is 0.483. The lowest BCUT2D eigenvalue weighted by molar-refractivity contribution is 0.213. The van der Waals surface area contributed by atoms with Crippen LogP contribution >= 0.6 is 0 Å². The van der Waals surface area contributed by atoms with Gasteiger partial charge in [0.2, 0.25) is 6.54 Å². The number of hydrogen-bond donors (Lipinski definition) is 0. The van der Waals surface area contributed by atoms with Crippen LogP contribution in [0, 0.1) is 6.57 Å². The first-order chi connectivity index (χ1) is 2.91. The summed E-state index contributed by atoms with van der Waals surface area (Å²) in [6, 6.07) is 0. The molecule has 0 aliphatic heterocycles. The first-order valence-electron chi connectivity index (χ1n) is 1.74. The molecule has 0 atom stereocenters. The maximum absolute atomic E-state index is 6.25. The summed E-state index contributed by atoms with van der Waals surface area (Å²) in [6.07, 6.45) is 0. The third kappa shape index (κ3) is 3.45. The highest BCUT2D eigenvalue weighted by atomic mass is 16.5. The Bertz CT molecular complexity index is 55.1. The molecular formula is C4H7NO. The van der Waals surface area contributed by atoms with Gasteiger partial charge in [0.15, 0.2) is 0 Å². The summed E-state index contributed by atoms with van der Waals surface area (Å²) in [5.41, 5.74) is 0. The zero-order valence-electron chi connectivity index (χ0n) is 3.77. The minimum Gasteiger partial charge on any atom is -0.377 e. The van der Waals surface area contributed by atoms with Crippen molar-refractivity contribution in [1.29, 1.82) is 0 Å². The lowest BCUT2D eigenvalue weighted by Gasteiger charge is -1.80. The van der Waals surface area contributed by atoms with Crippen LogP contribution in [0.4, 0.5) is 0 Å². The highest BCUT2D eigenvalue weighted by molar-refractivity contribution is 4.54. The zero-order chi connectivity index (χ0) is 4.83. The Morgan fingerprint density at radius 3 is 2.67 bits per heavy atom. The molecular weight excluding hydrogens is 78.0 g/mol. The van der Waals surface area contributed by atoms with Gasteiger partial charge >= 0.3 is 0 Å². The second-order valence-electron chi connectivity index (χ2n) is 0.875. The van der Waals surface area contributed by atoms with Crippen molar-refractivity contribution >= 4 is 0 Å². The van der Waals surface area contributed by atoms with E-state index in [2.05, 4.69) is 9.58 Å². The van der Waals surface area contributed by atoms with E-state index in [0.717, 1.165) is 0 Å². The maximum atomic E-state index is 6.25. The quantitative estimate of drug-likeness (QED) is 0.352. The summed E-state index contributed by atoms with van der Waals surface area (Å²) in [7, 11) is 1.59. The van der Waals surface area contributed by atoms with Gasteiger partial charge < -0.3 is 9.58 Å². The van der Waals surface area contributed by atoms with Crippen molar-refractivity contribution in [2.45, 2.75) is 0 Å². The molecule has 0 aliphatic rings. The van der Waals surface area contributed by atoms with Crippen LogP contribution in [0.15, 0.2) is 0 Å². The van der Waals surface area contributed by atoms with E-state index in [1.807, 2.05) is 0 Å². The lowest BCUT2D eigenvalue weighted by Crippen LogP contribution is -1.88. The van der Waals surface area contributed by atoms with Crippen molar-refractivity contribution in [2.75, 3.05) is 20.3 Å². The first kappa shape index (κ1) is 5.45. The smallest absolute Gasteiger partial charge is 0.237 e. The number of ether oxygens (including phenoxy) is 1. The summed E-state index contributed by atoms with van der Waals surface area (Å²) in [4.78, 5) is 3.05. The van der Waals surface area contributed by atoms with E-state index in [1.54, 1.807) is 7.11 Å². The SMILES string of the molecule is [C-]#[N+]CCOC. The molecule has 0 aliphatic carbocycles. The second-order valence-corrected chi connectivity index (χ2v) is 0.875. The monoisotopic (exact) mass is 85.1 g/mol. The number of nitrogens with zero attached hydrogens (tertiary/aromatic N) is 1. The summed E-state index contributed by atoms with van der Waals surface area (Å²) in [6.45, 7) is 7.29. The van der Waals surface area contributed by atoms with E-state index in [-0.39, 0.29) is 0 Å². The molecule has 0 bridgehead atoms. The van der Waals surface area contributed by atoms with E-state index in [1.165, 1.54) is 0 Å². The summed E-state index contributed by atoms with van der Waals surface area (Å²) >= 11 is 0. The van der Waals surface area contributed by atoms with Crippen LogP contribution in [-0.4, -0.2) is 20.3 Å². The third-order valence-corrected chi connectivity index (χ3v) is 0.407. The number of hydrogen-bond acceptors (Lipinski definition) is 1. The van der Waals surface area contributed by atoms with E-state index in [4.69, 9.17) is 6.57 Å². The van der Waals surface area contributed by atoms with Crippen LogP contribution in [-0.2, 0) is 4.74 Å². The van der Waals surface area contributed by atoms with Gasteiger partial charge in [0.05, 0.1) is 0 Å². The highest BCUT2D eigenvalue weighted by Crippen LogP contribution is 1.66. The standard InChI is InChI=1S/C4H7NO/c1-5-3-4-6-2/h3-4H2,2H3. The largest absolute Gasteiger partial charge is 0.377 e. The molecule has 0 aromatic rings. The summed E-state index contributed by atoms with van der Waals surface area (Å²) in [5.74, 6) is 0. The normalized spacial score (nSPS) is 7.33.